The minimum Gasteiger partial charge on any atom is -0.444 e. The van der Waals surface area contributed by atoms with Crippen molar-refractivity contribution < 1.29 is 18.7 Å². The molecule has 1 aliphatic heterocycles. The summed E-state index contributed by atoms with van der Waals surface area (Å²) < 4.78 is 11.5. The first-order valence-corrected chi connectivity index (χ1v) is 12.0. The molecule has 3 fully saturated rings. The Hall–Kier alpha value is -3.34. The van der Waals surface area contributed by atoms with Crippen molar-refractivity contribution in [1.82, 2.24) is 14.8 Å². The van der Waals surface area contributed by atoms with Gasteiger partial charge in [-0.3, -0.25) is 4.79 Å². The number of carbonyl (C=O) groups is 2. The molecule has 2 aliphatic carbocycles. The SMILES string of the molecule is CC(C)(C)OC(=O)N1CC[C@@H](N(C(=O)c2ncc(-c3cc(C#N)ccc3C3CC3)o2)C2CC2)C1. The molecule has 1 atom stereocenters. The molecule has 8 heteroatoms. The molecule has 0 radical (unpaired) electrons. The van der Waals surface area contributed by atoms with Gasteiger partial charge >= 0.3 is 12.0 Å². The highest BCUT2D eigenvalue weighted by atomic mass is 16.6. The van der Waals surface area contributed by atoms with Crippen LogP contribution in [0.2, 0.25) is 0 Å². The third kappa shape index (κ3) is 4.65. The number of rotatable bonds is 5. The quantitative estimate of drug-likeness (QED) is 0.638. The lowest BCUT2D eigenvalue weighted by atomic mass is 9.99. The summed E-state index contributed by atoms with van der Waals surface area (Å²) in [5.41, 5.74) is 1.97. The van der Waals surface area contributed by atoms with Gasteiger partial charge in [-0.25, -0.2) is 9.78 Å². The first-order valence-electron chi connectivity index (χ1n) is 12.0. The van der Waals surface area contributed by atoms with Crippen LogP contribution in [0, 0.1) is 11.3 Å². The van der Waals surface area contributed by atoms with Gasteiger partial charge in [0.2, 0.25) is 0 Å². The molecule has 0 N–H and O–H groups in total. The standard InChI is InChI=1S/C26H30N4O4/c1-26(2,3)34-25(32)29-11-10-19(15-29)30(18-7-8-18)24(31)23-28-14-22(33-23)21-12-16(13-27)4-9-20(21)17-5-6-17/h4,9,12,14,17-19H,5-8,10-11,15H2,1-3H3/t19-/m1/s1. The number of likely N-dealkylation sites (tertiary alicyclic amines) is 1. The second kappa shape index (κ2) is 8.46. The van der Waals surface area contributed by atoms with Crippen molar-refractivity contribution in [3.8, 4) is 17.4 Å². The van der Waals surface area contributed by atoms with E-state index in [2.05, 4.69) is 11.1 Å². The smallest absolute Gasteiger partial charge is 0.410 e. The number of amides is 2. The molecule has 178 valence electrons. The molecule has 0 spiro atoms. The molecule has 2 amide bonds. The van der Waals surface area contributed by atoms with Gasteiger partial charge in [-0.05, 0) is 76.5 Å². The van der Waals surface area contributed by atoms with E-state index in [9.17, 15) is 14.9 Å². The molecule has 3 aliphatic rings. The lowest BCUT2D eigenvalue weighted by Crippen LogP contribution is -2.44. The van der Waals surface area contributed by atoms with E-state index in [4.69, 9.17) is 9.15 Å². The fraction of sp³-hybridized carbons (Fsp3) is 0.538. The number of nitriles is 1. The minimum absolute atomic E-state index is 0.0572. The molecule has 0 bridgehead atoms. The second-order valence-electron chi connectivity index (χ2n) is 10.5. The zero-order chi connectivity index (χ0) is 24.0. The van der Waals surface area contributed by atoms with Crippen molar-refractivity contribution in [2.75, 3.05) is 13.1 Å². The molecule has 0 unspecified atom stereocenters. The largest absolute Gasteiger partial charge is 0.444 e. The number of nitrogens with zero attached hydrogens (tertiary/aromatic N) is 4. The zero-order valence-electron chi connectivity index (χ0n) is 19.9. The monoisotopic (exact) mass is 462 g/mol. The Balaban J connectivity index is 1.35. The minimum atomic E-state index is -0.558. The van der Waals surface area contributed by atoms with Crippen LogP contribution in [-0.2, 0) is 4.74 Å². The van der Waals surface area contributed by atoms with Crippen LogP contribution in [0.15, 0.2) is 28.8 Å². The van der Waals surface area contributed by atoms with Gasteiger partial charge in [0.1, 0.15) is 5.60 Å². The number of benzene rings is 1. The molecule has 34 heavy (non-hydrogen) atoms. The van der Waals surface area contributed by atoms with Crippen molar-refractivity contribution in [3.63, 3.8) is 0 Å². The van der Waals surface area contributed by atoms with Crippen molar-refractivity contribution in [2.45, 2.75) is 76.5 Å². The average molecular weight is 463 g/mol. The molecular weight excluding hydrogens is 432 g/mol. The lowest BCUT2D eigenvalue weighted by Gasteiger charge is -2.28. The summed E-state index contributed by atoms with van der Waals surface area (Å²) in [6, 6.07) is 7.86. The van der Waals surface area contributed by atoms with Crippen LogP contribution in [0.5, 0.6) is 0 Å². The van der Waals surface area contributed by atoms with Gasteiger partial charge in [0, 0.05) is 24.7 Å². The van der Waals surface area contributed by atoms with Crippen LogP contribution in [0.4, 0.5) is 4.79 Å². The van der Waals surface area contributed by atoms with Crippen molar-refractivity contribution in [3.05, 3.63) is 41.4 Å². The molecular formula is C26H30N4O4. The lowest BCUT2D eigenvalue weighted by molar-refractivity contribution is 0.0272. The van der Waals surface area contributed by atoms with Crippen LogP contribution >= 0.6 is 0 Å². The molecule has 1 saturated heterocycles. The van der Waals surface area contributed by atoms with E-state index in [1.165, 1.54) is 0 Å². The normalized spacial score (nSPS) is 20.2. The Bertz CT molecular complexity index is 1150. The summed E-state index contributed by atoms with van der Waals surface area (Å²) >= 11 is 0. The molecule has 5 rings (SSSR count). The highest BCUT2D eigenvalue weighted by Gasteiger charge is 2.43. The van der Waals surface area contributed by atoms with Crippen LogP contribution in [-0.4, -0.2) is 57.6 Å². The van der Waals surface area contributed by atoms with Gasteiger partial charge in [-0.1, -0.05) is 6.07 Å². The first-order chi connectivity index (χ1) is 16.2. The van der Waals surface area contributed by atoms with Crippen molar-refractivity contribution in [1.29, 1.82) is 5.26 Å². The predicted molar refractivity (Wildman–Crippen MR) is 124 cm³/mol. The molecule has 1 aromatic carbocycles. The summed E-state index contributed by atoms with van der Waals surface area (Å²) in [7, 11) is 0. The summed E-state index contributed by atoms with van der Waals surface area (Å²) in [6.07, 6.45) is 6.06. The fourth-order valence-electron chi connectivity index (χ4n) is 4.64. The number of aromatic nitrogens is 1. The van der Waals surface area contributed by atoms with Crippen LogP contribution in [0.3, 0.4) is 0 Å². The van der Waals surface area contributed by atoms with E-state index < -0.39 is 5.60 Å². The van der Waals surface area contributed by atoms with Crippen LogP contribution in [0.25, 0.3) is 11.3 Å². The zero-order valence-corrected chi connectivity index (χ0v) is 19.9. The van der Waals surface area contributed by atoms with Gasteiger partial charge in [0.05, 0.1) is 23.9 Å². The predicted octanol–water partition coefficient (Wildman–Crippen LogP) is 4.70. The van der Waals surface area contributed by atoms with E-state index in [0.717, 1.165) is 36.8 Å². The molecule has 2 aromatic rings. The number of hydrogen-bond acceptors (Lipinski definition) is 6. The van der Waals surface area contributed by atoms with E-state index in [-0.39, 0.29) is 30.0 Å². The number of ether oxygens (including phenoxy) is 1. The highest BCUT2D eigenvalue weighted by molar-refractivity contribution is 5.91. The van der Waals surface area contributed by atoms with E-state index in [0.29, 0.717) is 36.8 Å². The molecule has 2 heterocycles. The van der Waals surface area contributed by atoms with Crippen molar-refractivity contribution in [2.24, 2.45) is 0 Å². The second-order valence-corrected chi connectivity index (χ2v) is 10.5. The van der Waals surface area contributed by atoms with Gasteiger partial charge in [-0.15, -0.1) is 0 Å². The third-order valence-electron chi connectivity index (χ3n) is 6.54. The summed E-state index contributed by atoms with van der Waals surface area (Å²) in [6.45, 7) is 6.54. The highest BCUT2D eigenvalue weighted by Crippen LogP contribution is 2.45. The Labute approximate surface area is 199 Å². The van der Waals surface area contributed by atoms with Crippen LogP contribution < -0.4 is 0 Å². The van der Waals surface area contributed by atoms with E-state index >= 15 is 0 Å². The molecule has 2 saturated carbocycles. The van der Waals surface area contributed by atoms with Gasteiger partial charge in [0.25, 0.3) is 5.89 Å². The fourth-order valence-corrected chi connectivity index (χ4v) is 4.64. The molecule has 8 nitrogen and oxygen atoms in total. The van der Waals surface area contributed by atoms with E-state index in [1.807, 2.05) is 43.9 Å². The topological polar surface area (TPSA) is 99.7 Å². The summed E-state index contributed by atoms with van der Waals surface area (Å²) in [5.74, 6) is 0.795. The summed E-state index contributed by atoms with van der Waals surface area (Å²) in [4.78, 5) is 33.9. The van der Waals surface area contributed by atoms with Gasteiger partial charge in [-0.2, -0.15) is 5.26 Å². The Kier molecular flexibility index (Phi) is 5.59. The number of oxazole rings is 1. The third-order valence-corrected chi connectivity index (χ3v) is 6.54. The first kappa shape index (κ1) is 22.5. The van der Waals surface area contributed by atoms with Crippen LogP contribution in [0.1, 0.15) is 80.6 Å². The maximum Gasteiger partial charge on any atom is 0.410 e. The summed E-state index contributed by atoms with van der Waals surface area (Å²) in [5, 5.41) is 9.34. The Morgan fingerprint density at radius 3 is 2.59 bits per heavy atom. The Morgan fingerprint density at radius 1 is 1.18 bits per heavy atom. The maximum absolute atomic E-state index is 13.5. The maximum atomic E-state index is 13.5. The van der Waals surface area contributed by atoms with Crippen molar-refractivity contribution >= 4 is 12.0 Å². The number of hydrogen-bond donors (Lipinski definition) is 0. The average Bonchev–Trinajstić information content (AvgIpc) is 3.71. The molecule has 1 aromatic heterocycles. The van der Waals surface area contributed by atoms with E-state index in [1.54, 1.807) is 11.1 Å². The van der Waals surface area contributed by atoms with Gasteiger partial charge < -0.3 is 19.0 Å². The Morgan fingerprint density at radius 2 is 1.94 bits per heavy atom. The van der Waals surface area contributed by atoms with Gasteiger partial charge in [0.15, 0.2) is 5.76 Å². The number of carbonyl (C=O) groups excluding carboxylic acids is 2.